The first-order valence-electron chi connectivity index (χ1n) is 6.58. The molecule has 0 aromatic carbocycles. The third-order valence-corrected chi connectivity index (χ3v) is 6.43. The van der Waals surface area contributed by atoms with Crippen LogP contribution in [0, 0.1) is 0 Å². The Balaban J connectivity index is 2.74. The fourth-order valence-electron chi connectivity index (χ4n) is 2.00. The van der Waals surface area contributed by atoms with Crippen LogP contribution in [0.5, 0.6) is 0 Å². The molecule has 7 nitrogen and oxygen atoms in total. The van der Waals surface area contributed by atoms with Crippen molar-refractivity contribution in [2.75, 3.05) is 30.9 Å². The molecule has 1 aliphatic rings. The van der Waals surface area contributed by atoms with Crippen molar-refractivity contribution in [2.45, 2.75) is 31.1 Å². The number of carboxylic acids is 1. The van der Waals surface area contributed by atoms with E-state index >= 15 is 0 Å². The molecule has 1 atom stereocenters. The summed E-state index contributed by atoms with van der Waals surface area (Å²) in [5.74, 6) is -1.32. The number of urea groups is 1. The van der Waals surface area contributed by atoms with Gasteiger partial charge in [0.25, 0.3) is 0 Å². The van der Waals surface area contributed by atoms with Crippen LogP contribution >= 0.6 is 11.8 Å². The maximum atomic E-state index is 12.2. The Morgan fingerprint density at radius 2 is 2.05 bits per heavy atom. The number of amides is 2. The zero-order valence-corrected chi connectivity index (χ0v) is 14.1. The average molecular weight is 338 g/mol. The van der Waals surface area contributed by atoms with Gasteiger partial charge < -0.3 is 15.3 Å². The minimum absolute atomic E-state index is 0.00261. The van der Waals surface area contributed by atoms with E-state index in [0.717, 1.165) is 4.90 Å². The first-order valence-corrected chi connectivity index (χ1v) is 9.63. The van der Waals surface area contributed by atoms with Crippen molar-refractivity contribution in [1.82, 2.24) is 10.2 Å². The molecule has 9 heteroatoms. The molecule has 0 bridgehead atoms. The third kappa shape index (κ3) is 5.74. The first kappa shape index (κ1) is 18.1. The monoisotopic (exact) mass is 338 g/mol. The van der Waals surface area contributed by atoms with Gasteiger partial charge in [0.05, 0.1) is 11.5 Å². The van der Waals surface area contributed by atoms with Crippen molar-refractivity contribution in [3.63, 3.8) is 0 Å². The summed E-state index contributed by atoms with van der Waals surface area (Å²) in [6.07, 6.45) is 2.21. The van der Waals surface area contributed by atoms with Crippen LogP contribution in [-0.4, -0.2) is 72.1 Å². The molecule has 21 heavy (non-hydrogen) atoms. The second-order valence-electron chi connectivity index (χ2n) is 5.70. The second kappa shape index (κ2) is 6.87. The number of aliphatic carboxylic acids is 1. The van der Waals surface area contributed by atoms with Gasteiger partial charge in [0.2, 0.25) is 0 Å². The summed E-state index contributed by atoms with van der Waals surface area (Å²) < 4.78 is 22.8. The molecule has 0 aromatic heterocycles. The highest BCUT2D eigenvalue weighted by Crippen LogP contribution is 2.21. The molecule has 122 valence electrons. The largest absolute Gasteiger partial charge is 0.480 e. The van der Waals surface area contributed by atoms with Crippen molar-refractivity contribution in [1.29, 1.82) is 0 Å². The quantitative estimate of drug-likeness (QED) is 0.727. The van der Waals surface area contributed by atoms with Gasteiger partial charge in [0, 0.05) is 17.3 Å². The molecule has 1 unspecified atom stereocenters. The van der Waals surface area contributed by atoms with Gasteiger partial charge in [-0.25, -0.2) is 13.2 Å². The average Bonchev–Trinajstić information content (AvgIpc) is 2.73. The van der Waals surface area contributed by atoms with Gasteiger partial charge in [0.1, 0.15) is 6.54 Å². The lowest BCUT2D eigenvalue weighted by Gasteiger charge is -2.29. The summed E-state index contributed by atoms with van der Waals surface area (Å²) in [5, 5.41) is 11.6. The molecule has 1 fully saturated rings. The molecule has 0 saturated carbocycles. The maximum Gasteiger partial charge on any atom is 0.323 e. The summed E-state index contributed by atoms with van der Waals surface area (Å²) >= 11 is 1.58. The van der Waals surface area contributed by atoms with E-state index < -0.39 is 34.4 Å². The van der Waals surface area contributed by atoms with E-state index in [2.05, 4.69) is 5.32 Å². The molecular formula is C12H22N2O5S2. The molecule has 2 amide bonds. The zero-order chi connectivity index (χ0) is 16.3. The van der Waals surface area contributed by atoms with Crippen LogP contribution in [0.4, 0.5) is 4.79 Å². The van der Waals surface area contributed by atoms with Crippen LogP contribution in [0.15, 0.2) is 0 Å². The summed E-state index contributed by atoms with van der Waals surface area (Å²) in [6.45, 7) is 3.80. The molecule has 1 rings (SSSR count). The van der Waals surface area contributed by atoms with Gasteiger partial charge in [-0.2, -0.15) is 11.8 Å². The molecule has 1 heterocycles. The zero-order valence-electron chi connectivity index (χ0n) is 12.5. The minimum Gasteiger partial charge on any atom is -0.480 e. The van der Waals surface area contributed by atoms with Gasteiger partial charge in [-0.15, -0.1) is 0 Å². The van der Waals surface area contributed by atoms with E-state index in [1.54, 1.807) is 11.8 Å². The van der Waals surface area contributed by atoms with E-state index in [1.807, 2.05) is 20.1 Å². The Labute approximate surface area is 129 Å². The van der Waals surface area contributed by atoms with Crippen LogP contribution in [0.25, 0.3) is 0 Å². The predicted octanol–water partition coefficient (Wildman–Crippen LogP) is 0.411. The van der Waals surface area contributed by atoms with Crippen LogP contribution < -0.4 is 5.32 Å². The number of carbonyl (C=O) groups is 2. The topological polar surface area (TPSA) is 104 Å². The van der Waals surface area contributed by atoms with E-state index in [-0.39, 0.29) is 22.7 Å². The first-order chi connectivity index (χ1) is 9.56. The Morgan fingerprint density at radius 1 is 1.43 bits per heavy atom. The summed E-state index contributed by atoms with van der Waals surface area (Å²) in [4.78, 5) is 24.2. The van der Waals surface area contributed by atoms with Crippen molar-refractivity contribution in [3.8, 4) is 0 Å². The predicted molar refractivity (Wildman–Crippen MR) is 82.4 cm³/mol. The highest BCUT2D eigenvalue weighted by Gasteiger charge is 2.36. The Kier molecular flexibility index (Phi) is 5.92. The van der Waals surface area contributed by atoms with Crippen LogP contribution in [-0.2, 0) is 14.6 Å². The lowest BCUT2D eigenvalue weighted by Crippen LogP contribution is -2.51. The number of nitrogens with zero attached hydrogens (tertiary/aromatic N) is 1. The molecule has 2 N–H and O–H groups in total. The Morgan fingerprint density at radius 3 is 2.48 bits per heavy atom. The SMILES string of the molecule is CSC(C)(C)CNC(=O)N(CC(=O)O)C1CCS(=O)(=O)C1. The number of rotatable bonds is 6. The lowest BCUT2D eigenvalue weighted by molar-refractivity contribution is -0.138. The normalized spacial score (nSPS) is 21.0. The number of carboxylic acid groups (broad SMARTS) is 1. The number of carbonyl (C=O) groups excluding carboxylic acids is 1. The van der Waals surface area contributed by atoms with Crippen LogP contribution in [0.2, 0.25) is 0 Å². The number of sulfone groups is 1. The Hall–Kier alpha value is -0.960. The number of nitrogens with one attached hydrogen (secondary N) is 1. The fourth-order valence-corrected chi connectivity index (χ4v) is 3.94. The smallest absolute Gasteiger partial charge is 0.323 e. The second-order valence-corrected chi connectivity index (χ2v) is 9.44. The minimum atomic E-state index is -3.18. The molecule has 1 saturated heterocycles. The highest BCUT2D eigenvalue weighted by molar-refractivity contribution is 7.99. The van der Waals surface area contributed by atoms with Crippen molar-refractivity contribution in [2.24, 2.45) is 0 Å². The maximum absolute atomic E-state index is 12.2. The molecule has 0 spiro atoms. The molecule has 1 aliphatic heterocycles. The summed E-state index contributed by atoms with van der Waals surface area (Å²) in [5.41, 5.74) is 0. The van der Waals surface area contributed by atoms with Gasteiger partial charge in [0.15, 0.2) is 9.84 Å². The number of hydrogen-bond acceptors (Lipinski definition) is 5. The van der Waals surface area contributed by atoms with Gasteiger partial charge in [-0.3, -0.25) is 4.79 Å². The third-order valence-electron chi connectivity index (χ3n) is 3.43. The van der Waals surface area contributed by atoms with Crippen LogP contribution in [0.1, 0.15) is 20.3 Å². The van der Waals surface area contributed by atoms with E-state index in [9.17, 15) is 18.0 Å². The van der Waals surface area contributed by atoms with Crippen molar-refractivity contribution < 1.29 is 23.1 Å². The molecule has 0 aliphatic carbocycles. The van der Waals surface area contributed by atoms with Crippen molar-refractivity contribution in [3.05, 3.63) is 0 Å². The Bertz CT molecular complexity index is 504. The van der Waals surface area contributed by atoms with Crippen LogP contribution in [0.3, 0.4) is 0 Å². The van der Waals surface area contributed by atoms with E-state index in [4.69, 9.17) is 5.11 Å². The standard InChI is InChI=1S/C12H22N2O5S2/c1-12(2,20-3)8-13-11(17)14(6-10(15)16)9-4-5-21(18,19)7-9/h9H,4-8H2,1-3H3,(H,13,17)(H,15,16). The number of hydrogen-bond donors (Lipinski definition) is 2. The summed E-state index contributed by atoms with van der Waals surface area (Å²) in [6, 6.07) is -1.09. The number of thioether (sulfide) groups is 1. The molecular weight excluding hydrogens is 316 g/mol. The highest BCUT2D eigenvalue weighted by atomic mass is 32.2. The van der Waals surface area contributed by atoms with E-state index in [1.165, 1.54) is 0 Å². The van der Waals surface area contributed by atoms with Gasteiger partial charge in [-0.1, -0.05) is 0 Å². The summed E-state index contributed by atoms with van der Waals surface area (Å²) in [7, 11) is -3.18. The van der Waals surface area contributed by atoms with Crippen molar-refractivity contribution >= 4 is 33.6 Å². The fraction of sp³-hybridized carbons (Fsp3) is 0.833. The van der Waals surface area contributed by atoms with Gasteiger partial charge >= 0.3 is 12.0 Å². The van der Waals surface area contributed by atoms with E-state index in [0.29, 0.717) is 6.54 Å². The molecule has 0 radical (unpaired) electrons. The lowest BCUT2D eigenvalue weighted by atomic mass is 10.2. The van der Waals surface area contributed by atoms with Gasteiger partial charge in [-0.05, 0) is 26.5 Å². The molecule has 0 aromatic rings.